The van der Waals surface area contributed by atoms with E-state index >= 15 is 0 Å². The lowest BCUT2D eigenvalue weighted by Crippen LogP contribution is -2.48. The highest BCUT2D eigenvalue weighted by Crippen LogP contribution is 2.39. The number of hydrogen-bond donors (Lipinski definition) is 1. The molecule has 1 aromatic rings. The van der Waals surface area contributed by atoms with E-state index in [0.29, 0.717) is 24.7 Å². The molecule has 18 heavy (non-hydrogen) atoms. The molecule has 98 valence electrons. The summed E-state index contributed by atoms with van der Waals surface area (Å²) in [6.45, 7) is 5.29. The Bertz CT molecular complexity index is 443. The molecule has 2 unspecified atom stereocenters. The minimum absolute atomic E-state index is 0.0140. The van der Waals surface area contributed by atoms with Crippen molar-refractivity contribution in [1.29, 1.82) is 0 Å². The third-order valence-electron chi connectivity index (χ3n) is 3.54. The minimum atomic E-state index is 0.0140. The van der Waals surface area contributed by atoms with Gasteiger partial charge >= 0.3 is 0 Å². The molecule has 2 atom stereocenters. The minimum Gasteiger partial charge on any atom is -0.372 e. The number of aromatic nitrogens is 2. The number of nitrogens with one attached hydrogen (secondary N) is 1. The van der Waals surface area contributed by atoms with Crippen LogP contribution in [0.15, 0.2) is 6.07 Å². The first-order valence-corrected chi connectivity index (χ1v) is 6.63. The second-order valence-electron chi connectivity index (χ2n) is 5.45. The van der Waals surface area contributed by atoms with Gasteiger partial charge in [-0.05, 0) is 32.8 Å². The van der Waals surface area contributed by atoms with Crippen LogP contribution in [0.2, 0.25) is 0 Å². The summed E-state index contributed by atoms with van der Waals surface area (Å²) in [4.78, 5) is 14.2. The highest BCUT2D eigenvalue weighted by molar-refractivity contribution is 5.92. The predicted octanol–water partition coefficient (Wildman–Crippen LogP) is 1.54. The maximum Gasteiger partial charge on any atom is 0.274 e. The first-order valence-electron chi connectivity index (χ1n) is 6.63. The van der Waals surface area contributed by atoms with Crippen LogP contribution in [0, 0.1) is 0 Å². The van der Waals surface area contributed by atoms with E-state index in [0.717, 1.165) is 5.69 Å². The van der Waals surface area contributed by atoms with Crippen LogP contribution in [0.3, 0.4) is 0 Å². The molecule has 0 radical (unpaired) electrons. The van der Waals surface area contributed by atoms with Crippen LogP contribution in [0.25, 0.3) is 0 Å². The van der Waals surface area contributed by atoms with Gasteiger partial charge in [0.2, 0.25) is 0 Å². The van der Waals surface area contributed by atoms with Crippen LogP contribution in [0.4, 0.5) is 0 Å². The molecular weight excluding hydrogens is 230 g/mol. The van der Waals surface area contributed by atoms with Crippen molar-refractivity contribution in [3.8, 4) is 0 Å². The van der Waals surface area contributed by atoms with E-state index < -0.39 is 0 Å². The van der Waals surface area contributed by atoms with Gasteiger partial charge in [0.1, 0.15) is 5.69 Å². The summed E-state index contributed by atoms with van der Waals surface area (Å²) < 4.78 is 5.63. The summed E-state index contributed by atoms with van der Waals surface area (Å²) in [7, 11) is 0. The second-order valence-corrected chi connectivity index (χ2v) is 5.45. The van der Waals surface area contributed by atoms with Crippen molar-refractivity contribution in [2.45, 2.75) is 44.8 Å². The summed E-state index contributed by atoms with van der Waals surface area (Å²) in [6, 6.07) is 1.91. The summed E-state index contributed by atoms with van der Waals surface area (Å²) >= 11 is 0. The molecule has 1 saturated heterocycles. The number of hydrogen-bond acceptors (Lipinski definition) is 3. The average Bonchev–Trinajstić information content (AvgIpc) is 3.05. The Kier molecular flexibility index (Phi) is 2.86. The fourth-order valence-corrected chi connectivity index (χ4v) is 2.56. The highest BCUT2D eigenvalue weighted by atomic mass is 16.5. The van der Waals surface area contributed by atoms with Crippen molar-refractivity contribution < 1.29 is 9.53 Å². The van der Waals surface area contributed by atoms with Crippen molar-refractivity contribution in [3.63, 3.8) is 0 Å². The van der Waals surface area contributed by atoms with Crippen molar-refractivity contribution >= 4 is 5.91 Å². The zero-order chi connectivity index (χ0) is 12.7. The van der Waals surface area contributed by atoms with Gasteiger partial charge in [-0.3, -0.25) is 9.89 Å². The number of carbonyl (C=O) groups is 1. The summed E-state index contributed by atoms with van der Waals surface area (Å²) in [6.07, 6.45) is 2.61. The van der Waals surface area contributed by atoms with Crippen molar-refractivity contribution in [2.24, 2.45) is 0 Å². The van der Waals surface area contributed by atoms with Crippen LogP contribution in [0.5, 0.6) is 0 Å². The topological polar surface area (TPSA) is 58.2 Å². The smallest absolute Gasteiger partial charge is 0.274 e. The van der Waals surface area contributed by atoms with Gasteiger partial charge in [0.15, 0.2) is 0 Å². The van der Waals surface area contributed by atoms with E-state index in [1.54, 1.807) is 0 Å². The fourth-order valence-electron chi connectivity index (χ4n) is 2.56. The molecule has 1 amide bonds. The largest absolute Gasteiger partial charge is 0.372 e. The first kappa shape index (κ1) is 11.7. The number of rotatable bonds is 2. The van der Waals surface area contributed by atoms with Gasteiger partial charge in [0.25, 0.3) is 5.91 Å². The Morgan fingerprint density at radius 2 is 2.06 bits per heavy atom. The SMILES string of the molecule is CC1CN(C(=O)c2cc(C3CC3)[nH]n2)CC(C)O1. The van der Waals surface area contributed by atoms with Gasteiger partial charge in [-0.2, -0.15) is 5.10 Å². The average molecular weight is 249 g/mol. The molecule has 1 N–H and O–H groups in total. The molecule has 2 heterocycles. The Labute approximate surface area is 107 Å². The lowest BCUT2D eigenvalue weighted by molar-refractivity contribution is -0.0587. The standard InChI is InChI=1S/C13H19N3O2/c1-8-6-16(7-9(2)18-8)13(17)12-5-11(14-15-12)10-3-4-10/h5,8-10H,3-4,6-7H2,1-2H3,(H,14,15). The van der Waals surface area contributed by atoms with Crippen molar-refractivity contribution in [3.05, 3.63) is 17.5 Å². The molecule has 1 aromatic heterocycles. The third-order valence-corrected chi connectivity index (χ3v) is 3.54. The molecule has 2 fully saturated rings. The molecule has 5 heteroatoms. The maximum absolute atomic E-state index is 12.3. The summed E-state index contributed by atoms with van der Waals surface area (Å²) in [5.41, 5.74) is 1.64. The van der Waals surface area contributed by atoms with Crippen LogP contribution in [0.1, 0.15) is 48.8 Å². The molecule has 5 nitrogen and oxygen atoms in total. The third kappa shape index (κ3) is 2.27. The Morgan fingerprint density at radius 1 is 1.39 bits per heavy atom. The van der Waals surface area contributed by atoms with Crippen LogP contribution >= 0.6 is 0 Å². The second kappa shape index (κ2) is 4.39. The van der Waals surface area contributed by atoms with E-state index in [2.05, 4.69) is 10.2 Å². The number of H-pyrrole nitrogens is 1. The molecule has 2 aliphatic rings. The fraction of sp³-hybridized carbons (Fsp3) is 0.692. The normalized spacial score (nSPS) is 28.4. The van der Waals surface area contributed by atoms with E-state index in [-0.39, 0.29) is 18.1 Å². The summed E-state index contributed by atoms with van der Waals surface area (Å²) in [5.74, 6) is 0.613. The number of ether oxygens (including phenoxy) is 1. The quantitative estimate of drug-likeness (QED) is 0.865. The molecular formula is C13H19N3O2. The van der Waals surface area contributed by atoms with Gasteiger partial charge in [-0.1, -0.05) is 0 Å². The molecule has 0 spiro atoms. The van der Waals surface area contributed by atoms with Crippen LogP contribution in [-0.2, 0) is 4.74 Å². The Balaban J connectivity index is 1.72. The van der Waals surface area contributed by atoms with Crippen LogP contribution in [-0.4, -0.2) is 46.3 Å². The first-order chi connectivity index (χ1) is 8.63. The monoisotopic (exact) mass is 249 g/mol. The predicted molar refractivity (Wildman–Crippen MR) is 66.5 cm³/mol. The molecule has 3 rings (SSSR count). The maximum atomic E-state index is 12.3. The molecule has 0 bridgehead atoms. The van der Waals surface area contributed by atoms with E-state index in [9.17, 15) is 4.79 Å². The number of carbonyl (C=O) groups excluding carboxylic acids is 1. The van der Waals surface area contributed by atoms with E-state index in [1.807, 2.05) is 24.8 Å². The number of aromatic amines is 1. The van der Waals surface area contributed by atoms with Crippen LogP contribution < -0.4 is 0 Å². The van der Waals surface area contributed by atoms with Crippen molar-refractivity contribution in [1.82, 2.24) is 15.1 Å². The van der Waals surface area contributed by atoms with E-state index in [4.69, 9.17) is 4.74 Å². The Hall–Kier alpha value is -1.36. The lowest BCUT2D eigenvalue weighted by Gasteiger charge is -2.34. The molecule has 1 aliphatic carbocycles. The highest BCUT2D eigenvalue weighted by Gasteiger charge is 2.30. The Morgan fingerprint density at radius 3 is 2.67 bits per heavy atom. The zero-order valence-electron chi connectivity index (χ0n) is 10.8. The van der Waals surface area contributed by atoms with Gasteiger partial charge in [0.05, 0.1) is 12.2 Å². The van der Waals surface area contributed by atoms with Gasteiger partial charge in [0, 0.05) is 24.7 Å². The number of amides is 1. The van der Waals surface area contributed by atoms with Gasteiger partial charge < -0.3 is 9.64 Å². The molecule has 1 saturated carbocycles. The van der Waals surface area contributed by atoms with Gasteiger partial charge in [-0.15, -0.1) is 0 Å². The molecule has 1 aliphatic heterocycles. The van der Waals surface area contributed by atoms with Crippen molar-refractivity contribution in [2.75, 3.05) is 13.1 Å². The molecule has 0 aromatic carbocycles. The summed E-state index contributed by atoms with van der Waals surface area (Å²) in [5, 5.41) is 7.13. The van der Waals surface area contributed by atoms with E-state index in [1.165, 1.54) is 12.8 Å². The number of morpholine rings is 1. The lowest BCUT2D eigenvalue weighted by atomic mass is 10.2. The number of nitrogens with zero attached hydrogens (tertiary/aromatic N) is 2. The zero-order valence-corrected chi connectivity index (χ0v) is 10.8. The van der Waals surface area contributed by atoms with Gasteiger partial charge in [-0.25, -0.2) is 0 Å².